The number of carbonyl (C=O) groups excluding carboxylic acids is 2. The van der Waals surface area contributed by atoms with Gasteiger partial charge in [-0.1, -0.05) is 12.8 Å². The monoisotopic (exact) mass is 490 g/mol. The van der Waals surface area contributed by atoms with E-state index in [1.807, 2.05) is 4.90 Å². The lowest BCUT2D eigenvalue weighted by molar-refractivity contribution is -0.133. The third kappa shape index (κ3) is 5.40. The Kier molecular flexibility index (Phi) is 7.82. The standard InChI is InChI=1S/C25H38N4O4S/c1-26(2)34(32,33)21-10-11-23(27-12-6-3-7-13-27)22(19-21)25(31)29-16-14-28(15-17-29)24(30)18-20-8-4-5-9-20/h10-11,19-20H,3-9,12-18H2,1-2H3. The molecular formula is C25H38N4O4S. The lowest BCUT2D eigenvalue weighted by Crippen LogP contribution is -2.51. The number of benzene rings is 1. The fourth-order valence-electron chi connectivity index (χ4n) is 5.39. The summed E-state index contributed by atoms with van der Waals surface area (Å²) in [6.07, 6.45) is 8.66. The Morgan fingerprint density at radius 2 is 1.50 bits per heavy atom. The highest BCUT2D eigenvalue weighted by Crippen LogP contribution is 2.30. The number of hydrogen-bond donors (Lipinski definition) is 0. The number of piperazine rings is 1. The van der Waals surface area contributed by atoms with Crippen LogP contribution in [0.2, 0.25) is 0 Å². The van der Waals surface area contributed by atoms with Crippen LogP contribution in [-0.4, -0.2) is 87.7 Å². The second-order valence-electron chi connectivity index (χ2n) is 10.0. The van der Waals surface area contributed by atoms with Crippen LogP contribution in [0.1, 0.15) is 61.7 Å². The molecule has 1 saturated carbocycles. The summed E-state index contributed by atoms with van der Waals surface area (Å²) in [4.78, 5) is 32.4. The third-order valence-corrected chi connectivity index (χ3v) is 9.34. The summed E-state index contributed by atoms with van der Waals surface area (Å²) in [6.45, 7) is 3.74. The van der Waals surface area contributed by atoms with Crippen molar-refractivity contribution in [2.45, 2.75) is 56.3 Å². The summed E-state index contributed by atoms with van der Waals surface area (Å²) in [7, 11) is -0.657. The number of nitrogens with zero attached hydrogens (tertiary/aromatic N) is 4. The molecule has 0 aromatic heterocycles. The normalized spacial score (nSPS) is 20.3. The van der Waals surface area contributed by atoms with Gasteiger partial charge in [0, 0.05) is 65.5 Å². The maximum absolute atomic E-state index is 13.7. The Balaban J connectivity index is 1.51. The summed E-state index contributed by atoms with van der Waals surface area (Å²) >= 11 is 0. The molecule has 2 aliphatic heterocycles. The molecule has 0 atom stereocenters. The van der Waals surface area contributed by atoms with Crippen LogP contribution in [0.3, 0.4) is 0 Å². The van der Waals surface area contributed by atoms with Crippen LogP contribution in [0.25, 0.3) is 0 Å². The first-order chi connectivity index (χ1) is 16.3. The zero-order chi connectivity index (χ0) is 24.3. The average Bonchev–Trinajstić information content (AvgIpc) is 3.36. The zero-order valence-corrected chi connectivity index (χ0v) is 21.4. The Morgan fingerprint density at radius 3 is 2.12 bits per heavy atom. The Bertz CT molecular complexity index is 990. The lowest BCUT2D eigenvalue weighted by Gasteiger charge is -2.36. The first kappa shape index (κ1) is 25.0. The minimum atomic E-state index is -3.65. The maximum atomic E-state index is 13.7. The molecule has 9 heteroatoms. The topological polar surface area (TPSA) is 81.2 Å². The molecule has 3 fully saturated rings. The molecule has 2 saturated heterocycles. The van der Waals surface area contributed by atoms with E-state index in [0.29, 0.717) is 44.1 Å². The van der Waals surface area contributed by atoms with E-state index in [4.69, 9.17) is 0 Å². The Morgan fingerprint density at radius 1 is 0.882 bits per heavy atom. The quantitative estimate of drug-likeness (QED) is 0.613. The van der Waals surface area contributed by atoms with Crippen LogP contribution < -0.4 is 4.90 Å². The summed E-state index contributed by atoms with van der Waals surface area (Å²) in [5.74, 6) is 0.562. The fourth-order valence-corrected chi connectivity index (χ4v) is 6.32. The largest absolute Gasteiger partial charge is 0.371 e. The number of amides is 2. The van der Waals surface area contributed by atoms with Crippen molar-refractivity contribution in [1.29, 1.82) is 0 Å². The van der Waals surface area contributed by atoms with Crippen LogP contribution in [0.5, 0.6) is 0 Å². The van der Waals surface area contributed by atoms with Gasteiger partial charge in [0.15, 0.2) is 0 Å². The molecule has 34 heavy (non-hydrogen) atoms. The molecule has 0 bridgehead atoms. The van der Waals surface area contributed by atoms with E-state index in [2.05, 4.69) is 4.90 Å². The molecule has 1 aromatic carbocycles. The smallest absolute Gasteiger partial charge is 0.256 e. The van der Waals surface area contributed by atoms with E-state index in [9.17, 15) is 18.0 Å². The molecule has 3 aliphatic rings. The van der Waals surface area contributed by atoms with Gasteiger partial charge < -0.3 is 14.7 Å². The summed E-state index contributed by atoms with van der Waals surface area (Å²) in [5.41, 5.74) is 1.25. The minimum Gasteiger partial charge on any atom is -0.371 e. The molecule has 4 rings (SSSR count). The molecule has 188 valence electrons. The van der Waals surface area contributed by atoms with E-state index in [1.54, 1.807) is 23.1 Å². The molecule has 1 aliphatic carbocycles. The number of anilines is 1. The van der Waals surface area contributed by atoms with Crippen LogP contribution in [0.4, 0.5) is 5.69 Å². The SMILES string of the molecule is CN(C)S(=O)(=O)c1ccc(N2CCCCC2)c(C(=O)N2CCN(C(=O)CC3CCCC3)CC2)c1. The van der Waals surface area contributed by atoms with Gasteiger partial charge in [0.2, 0.25) is 15.9 Å². The summed E-state index contributed by atoms with van der Waals surface area (Å²) < 4.78 is 26.7. The minimum absolute atomic E-state index is 0.131. The lowest BCUT2D eigenvalue weighted by atomic mass is 10.0. The zero-order valence-electron chi connectivity index (χ0n) is 20.5. The maximum Gasteiger partial charge on any atom is 0.256 e. The van der Waals surface area contributed by atoms with Crippen LogP contribution in [-0.2, 0) is 14.8 Å². The first-order valence-corrected chi connectivity index (χ1v) is 14.1. The van der Waals surface area contributed by atoms with E-state index < -0.39 is 10.0 Å². The van der Waals surface area contributed by atoms with Crippen molar-refractivity contribution in [1.82, 2.24) is 14.1 Å². The van der Waals surface area contributed by atoms with Crippen molar-refractivity contribution >= 4 is 27.5 Å². The van der Waals surface area contributed by atoms with Gasteiger partial charge >= 0.3 is 0 Å². The second kappa shape index (κ2) is 10.6. The van der Waals surface area contributed by atoms with Gasteiger partial charge in [0.25, 0.3) is 5.91 Å². The first-order valence-electron chi connectivity index (χ1n) is 12.7. The number of carbonyl (C=O) groups is 2. The van der Waals surface area contributed by atoms with Crippen molar-refractivity contribution in [2.24, 2.45) is 5.92 Å². The average molecular weight is 491 g/mol. The molecular weight excluding hydrogens is 452 g/mol. The highest BCUT2D eigenvalue weighted by atomic mass is 32.2. The predicted octanol–water partition coefficient (Wildman–Crippen LogP) is 2.79. The van der Waals surface area contributed by atoms with Gasteiger partial charge in [-0.05, 0) is 56.2 Å². The van der Waals surface area contributed by atoms with Crippen LogP contribution >= 0.6 is 0 Å². The molecule has 1 aromatic rings. The van der Waals surface area contributed by atoms with Crippen molar-refractivity contribution < 1.29 is 18.0 Å². The molecule has 0 unspecified atom stereocenters. The highest BCUT2D eigenvalue weighted by Gasteiger charge is 2.30. The number of sulfonamides is 1. The fraction of sp³-hybridized carbons (Fsp3) is 0.680. The van der Waals surface area contributed by atoms with E-state index in [-0.39, 0.29) is 16.7 Å². The van der Waals surface area contributed by atoms with Crippen LogP contribution in [0.15, 0.2) is 23.1 Å². The van der Waals surface area contributed by atoms with Crippen molar-refractivity contribution in [3.8, 4) is 0 Å². The van der Waals surface area contributed by atoms with Gasteiger partial charge in [0.05, 0.1) is 10.5 Å². The molecule has 2 heterocycles. The van der Waals surface area contributed by atoms with E-state index in [0.717, 1.165) is 44.5 Å². The molecule has 0 N–H and O–H groups in total. The van der Waals surface area contributed by atoms with Gasteiger partial charge in [-0.15, -0.1) is 0 Å². The van der Waals surface area contributed by atoms with E-state index in [1.165, 1.54) is 37.7 Å². The van der Waals surface area contributed by atoms with Crippen LogP contribution in [0, 0.1) is 5.92 Å². The Labute approximate surface area is 203 Å². The van der Waals surface area contributed by atoms with Gasteiger partial charge in [-0.2, -0.15) is 0 Å². The van der Waals surface area contributed by atoms with E-state index >= 15 is 0 Å². The predicted molar refractivity (Wildman–Crippen MR) is 132 cm³/mol. The summed E-state index contributed by atoms with van der Waals surface area (Å²) in [5, 5.41) is 0. The van der Waals surface area contributed by atoms with Gasteiger partial charge in [-0.3, -0.25) is 9.59 Å². The highest BCUT2D eigenvalue weighted by molar-refractivity contribution is 7.89. The molecule has 0 spiro atoms. The summed E-state index contributed by atoms with van der Waals surface area (Å²) in [6, 6.07) is 4.94. The second-order valence-corrected chi connectivity index (χ2v) is 12.2. The van der Waals surface area contributed by atoms with Gasteiger partial charge in [-0.25, -0.2) is 12.7 Å². The molecule has 0 radical (unpaired) electrons. The Hall–Kier alpha value is -2.13. The van der Waals surface area contributed by atoms with Crippen molar-refractivity contribution in [2.75, 3.05) is 58.3 Å². The number of rotatable bonds is 6. The van der Waals surface area contributed by atoms with Gasteiger partial charge in [0.1, 0.15) is 0 Å². The number of hydrogen-bond acceptors (Lipinski definition) is 5. The molecule has 8 nitrogen and oxygen atoms in total. The van der Waals surface area contributed by atoms with Crippen molar-refractivity contribution in [3.63, 3.8) is 0 Å². The number of piperidine rings is 1. The van der Waals surface area contributed by atoms with Crippen molar-refractivity contribution in [3.05, 3.63) is 23.8 Å². The third-order valence-electron chi connectivity index (χ3n) is 7.53. The molecule has 2 amide bonds.